The number of ether oxygens (including phenoxy) is 1. The van der Waals surface area contributed by atoms with Crippen LogP contribution in [0.1, 0.15) is 49.3 Å². The molecular formula is C24H26N2OS. The molecule has 1 heterocycles. The molecule has 0 atom stereocenters. The second-order valence-electron chi connectivity index (χ2n) is 7.01. The molecule has 0 N–H and O–H groups in total. The van der Waals surface area contributed by atoms with Gasteiger partial charge in [0.25, 0.3) is 0 Å². The molecule has 3 nitrogen and oxygen atoms in total. The maximum atomic E-state index is 5.81. The average Bonchev–Trinajstić information content (AvgIpc) is 2.73. The van der Waals surface area contributed by atoms with Gasteiger partial charge in [0.15, 0.2) is 10.9 Å². The lowest BCUT2D eigenvalue weighted by molar-refractivity contribution is 0.566. The number of rotatable bonds is 8. The predicted molar refractivity (Wildman–Crippen MR) is 119 cm³/mol. The van der Waals surface area contributed by atoms with Gasteiger partial charge in [0.05, 0.1) is 0 Å². The Morgan fingerprint density at radius 2 is 1.57 bits per heavy atom. The number of benzene rings is 2. The summed E-state index contributed by atoms with van der Waals surface area (Å²) in [4.78, 5) is 9.03. The Bertz CT molecular complexity index is 887. The molecule has 0 fully saturated rings. The van der Waals surface area contributed by atoms with Gasteiger partial charge in [-0.3, -0.25) is 0 Å². The molecule has 0 saturated heterocycles. The van der Waals surface area contributed by atoms with E-state index in [-0.39, 0.29) is 0 Å². The van der Waals surface area contributed by atoms with E-state index in [9.17, 15) is 0 Å². The van der Waals surface area contributed by atoms with Crippen molar-refractivity contribution in [2.45, 2.75) is 46.0 Å². The highest BCUT2D eigenvalue weighted by Crippen LogP contribution is 2.21. The van der Waals surface area contributed by atoms with Crippen LogP contribution in [0, 0.1) is 6.92 Å². The summed E-state index contributed by atoms with van der Waals surface area (Å²) in [7, 11) is 0. The van der Waals surface area contributed by atoms with Gasteiger partial charge in [0.1, 0.15) is 5.75 Å². The highest BCUT2D eigenvalue weighted by Gasteiger charge is 2.06. The average molecular weight is 391 g/mol. The quantitative estimate of drug-likeness (QED) is 0.332. The van der Waals surface area contributed by atoms with Crippen molar-refractivity contribution in [1.82, 2.24) is 9.97 Å². The standard InChI is InChI=1S/C24H26N2OS/c1-3-4-5-6-7-19-16-25-23(26-17-19)20-12-14-22(15-13-20)27-24(28)21-10-8-18(2)9-11-21/h8-17H,3-7H2,1-2H3. The molecule has 0 unspecified atom stereocenters. The molecule has 28 heavy (non-hydrogen) atoms. The molecular weight excluding hydrogens is 364 g/mol. The monoisotopic (exact) mass is 390 g/mol. The van der Waals surface area contributed by atoms with E-state index in [1.807, 2.05) is 67.8 Å². The summed E-state index contributed by atoms with van der Waals surface area (Å²) in [6.45, 7) is 4.28. The van der Waals surface area contributed by atoms with E-state index in [4.69, 9.17) is 17.0 Å². The normalized spacial score (nSPS) is 10.6. The number of nitrogens with zero attached hydrogens (tertiary/aromatic N) is 2. The van der Waals surface area contributed by atoms with Crippen molar-refractivity contribution in [2.75, 3.05) is 0 Å². The van der Waals surface area contributed by atoms with Gasteiger partial charge in [0, 0.05) is 23.5 Å². The number of hydrogen-bond donors (Lipinski definition) is 0. The molecule has 3 aromatic rings. The Morgan fingerprint density at radius 3 is 2.21 bits per heavy atom. The van der Waals surface area contributed by atoms with Gasteiger partial charge in [-0.2, -0.15) is 0 Å². The van der Waals surface area contributed by atoms with E-state index in [2.05, 4.69) is 16.9 Å². The first-order chi connectivity index (χ1) is 13.7. The van der Waals surface area contributed by atoms with Crippen molar-refractivity contribution in [3.8, 4) is 17.1 Å². The highest BCUT2D eigenvalue weighted by atomic mass is 32.1. The molecule has 0 bridgehead atoms. The lowest BCUT2D eigenvalue weighted by Crippen LogP contribution is -2.06. The van der Waals surface area contributed by atoms with E-state index >= 15 is 0 Å². The largest absolute Gasteiger partial charge is 0.445 e. The fourth-order valence-electron chi connectivity index (χ4n) is 2.92. The minimum atomic E-state index is 0.469. The maximum Gasteiger partial charge on any atom is 0.198 e. The zero-order chi connectivity index (χ0) is 19.8. The van der Waals surface area contributed by atoms with Gasteiger partial charge in [0.2, 0.25) is 0 Å². The lowest BCUT2D eigenvalue weighted by Gasteiger charge is -2.08. The number of aromatic nitrogens is 2. The van der Waals surface area contributed by atoms with Gasteiger partial charge in [-0.05, 0) is 61.8 Å². The molecule has 0 aliphatic heterocycles. The summed E-state index contributed by atoms with van der Waals surface area (Å²) in [5.74, 6) is 1.44. The minimum Gasteiger partial charge on any atom is -0.445 e. The minimum absolute atomic E-state index is 0.469. The Hall–Kier alpha value is -2.59. The molecule has 0 aliphatic rings. The van der Waals surface area contributed by atoms with Gasteiger partial charge in [-0.1, -0.05) is 56.0 Å². The van der Waals surface area contributed by atoms with Crippen LogP contribution in [0.25, 0.3) is 11.4 Å². The maximum absolute atomic E-state index is 5.81. The zero-order valence-corrected chi connectivity index (χ0v) is 17.3. The molecule has 4 heteroatoms. The summed E-state index contributed by atoms with van der Waals surface area (Å²) in [6, 6.07) is 15.7. The van der Waals surface area contributed by atoms with E-state index < -0.39 is 0 Å². The van der Waals surface area contributed by atoms with E-state index in [1.165, 1.54) is 36.8 Å². The Morgan fingerprint density at radius 1 is 0.893 bits per heavy atom. The Balaban J connectivity index is 1.59. The molecule has 0 aliphatic carbocycles. The van der Waals surface area contributed by atoms with Crippen LogP contribution in [0.4, 0.5) is 0 Å². The third-order valence-electron chi connectivity index (χ3n) is 4.63. The summed E-state index contributed by atoms with van der Waals surface area (Å²) < 4.78 is 5.81. The van der Waals surface area contributed by atoms with Crippen LogP contribution in [0.2, 0.25) is 0 Å². The van der Waals surface area contributed by atoms with Crippen LogP contribution in [0.15, 0.2) is 60.9 Å². The van der Waals surface area contributed by atoms with Crippen molar-refractivity contribution >= 4 is 17.3 Å². The van der Waals surface area contributed by atoms with Crippen LogP contribution >= 0.6 is 12.2 Å². The summed E-state index contributed by atoms with van der Waals surface area (Å²) >= 11 is 5.39. The fourth-order valence-corrected chi connectivity index (χ4v) is 3.15. The summed E-state index contributed by atoms with van der Waals surface area (Å²) in [5.41, 5.74) is 4.26. The third kappa shape index (κ3) is 5.70. The topological polar surface area (TPSA) is 35.0 Å². The summed E-state index contributed by atoms with van der Waals surface area (Å²) in [5, 5.41) is 0.469. The Kier molecular flexibility index (Phi) is 7.26. The molecule has 0 spiro atoms. The van der Waals surface area contributed by atoms with Crippen LogP contribution in [0.5, 0.6) is 5.75 Å². The Labute approximate surface area is 172 Å². The van der Waals surface area contributed by atoms with Crippen molar-refractivity contribution in [3.63, 3.8) is 0 Å². The lowest BCUT2D eigenvalue weighted by atomic mass is 10.1. The second kappa shape index (κ2) is 10.1. The van der Waals surface area contributed by atoms with Crippen LogP contribution in [-0.2, 0) is 6.42 Å². The van der Waals surface area contributed by atoms with Gasteiger partial charge in [-0.15, -0.1) is 0 Å². The van der Waals surface area contributed by atoms with Crippen molar-refractivity contribution in [3.05, 3.63) is 77.6 Å². The molecule has 0 radical (unpaired) electrons. The van der Waals surface area contributed by atoms with Crippen LogP contribution < -0.4 is 4.74 Å². The number of unbranched alkanes of at least 4 members (excludes halogenated alkanes) is 3. The first-order valence-electron chi connectivity index (χ1n) is 9.86. The number of aryl methyl sites for hydroxylation is 2. The van der Waals surface area contributed by atoms with Crippen molar-refractivity contribution in [1.29, 1.82) is 0 Å². The first kappa shape index (κ1) is 20.2. The van der Waals surface area contributed by atoms with Gasteiger partial charge < -0.3 is 4.74 Å². The smallest absolute Gasteiger partial charge is 0.198 e. The van der Waals surface area contributed by atoms with Gasteiger partial charge in [-0.25, -0.2) is 9.97 Å². The SMILES string of the molecule is CCCCCCc1cnc(-c2ccc(OC(=S)c3ccc(C)cc3)cc2)nc1. The molecule has 144 valence electrons. The molecule has 0 saturated carbocycles. The second-order valence-corrected chi connectivity index (χ2v) is 7.38. The highest BCUT2D eigenvalue weighted by molar-refractivity contribution is 7.80. The summed E-state index contributed by atoms with van der Waals surface area (Å²) in [6.07, 6.45) is 9.93. The first-order valence-corrected chi connectivity index (χ1v) is 10.3. The fraction of sp³-hybridized carbons (Fsp3) is 0.292. The van der Waals surface area contributed by atoms with E-state index in [0.29, 0.717) is 10.8 Å². The zero-order valence-electron chi connectivity index (χ0n) is 16.5. The van der Waals surface area contributed by atoms with E-state index in [0.717, 1.165) is 23.4 Å². The van der Waals surface area contributed by atoms with Crippen molar-refractivity contribution in [2.24, 2.45) is 0 Å². The third-order valence-corrected chi connectivity index (χ3v) is 4.95. The molecule has 3 rings (SSSR count). The number of hydrogen-bond acceptors (Lipinski definition) is 4. The number of thiocarbonyl (C=S) groups is 1. The van der Waals surface area contributed by atoms with Crippen LogP contribution in [-0.4, -0.2) is 15.0 Å². The molecule has 1 aromatic heterocycles. The molecule has 0 amide bonds. The van der Waals surface area contributed by atoms with E-state index in [1.54, 1.807) is 0 Å². The van der Waals surface area contributed by atoms with Crippen molar-refractivity contribution < 1.29 is 4.74 Å². The van der Waals surface area contributed by atoms with Crippen LogP contribution in [0.3, 0.4) is 0 Å². The van der Waals surface area contributed by atoms with Gasteiger partial charge >= 0.3 is 0 Å². The molecule has 2 aromatic carbocycles. The predicted octanol–water partition coefficient (Wildman–Crippen LogP) is 6.33.